The van der Waals surface area contributed by atoms with E-state index in [0.717, 1.165) is 103 Å². The second-order valence-electron chi connectivity index (χ2n) is 21.0. The molecule has 0 N–H and O–H groups in total. The highest BCUT2D eigenvalue weighted by atomic mass is 31.2. The maximum absolute atomic E-state index is 12.8. The fourth-order valence-electron chi connectivity index (χ4n) is 7.94. The minimum Gasteiger partial charge on any atom is -0.756 e. The Morgan fingerprint density at radius 3 is 1.13 bits per heavy atom. The lowest BCUT2D eigenvalue weighted by atomic mass is 10.0. The Morgan fingerprint density at radius 2 is 0.760 bits per heavy atom. The number of unbranched alkanes of at least 4 members (excludes halogenated alkanes) is 22. The van der Waals surface area contributed by atoms with Crippen LogP contribution >= 0.6 is 7.82 Å². The number of allylic oxidation sites excluding steroid dienone is 18. The van der Waals surface area contributed by atoms with Gasteiger partial charge in [-0.25, -0.2) is 0 Å². The van der Waals surface area contributed by atoms with Crippen LogP contribution in [0.25, 0.3) is 0 Å². The monoisotopic (exact) mass is 1070 g/mol. The van der Waals surface area contributed by atoms with Crippen LogP contribution in [0, 0.1) is 0 Å². The predicted octanol–water partition coefficient (Wildman–Crippen LogP) is 18.3. The van der Waals surface area contributed by atoms with Gasteiger partial charge in [-0.3, -0.25) is 14.2 Å². The molecule has 2 unspecified atom stereocenters. The summed E-state index contributed by atoms with van der Waals surface area (Å²) < 4.78 is 34.1. The molecule has 0 aliphatic heterocycles. The standard InChI is InChI=1S/C65H112NO8P/c1-6-8-10-12-14-16-18-20-21-22-23-24-25-26-27-28-29-30-31-32-33-34-35-36-37-38-39-40-41-42-43-44-45-46-48-50-52-54-56-58-65(68)74-63(62-73-75(69,70)72-60-59-66(3,4)5)61-71-64(67)57-55-53-51-49-47-19-17-15-13-11-9-7-2/h8,10,14,16,20-21,23-24,26-27,29-30,32-33,35-36,38-39,63H,6-7,9,11-13,15,17-19,22,25,28,31,34,37,40-62H2,1-5H3/b10-8-,16-14-,21-20-,24-23-,27-26-,30-29-,33-32-,36-35-,39-38-. The molecule has 0 aliphatic rings. The number of hydrogen-bond donors (Lipinski definition) is 0. The van der Waals surface area contributed by atoms with Crippen LogP contribution in [-0.4, -0.2) is 70.0 Å². The highest BCUT2D eigenvalue weighted by molar-refractivity contribution is 7.45. The summed E-state index contributed by atoms with van der Waals surface area (Å²) in [7, 11) is 1.16. The van der Waals surface area contributed by atoms with Crippen LogP contribution in [0.4, 0.5) is 0 Å². The van der Waals surface area contributed by atoms with E-state index >= 15 is 0 Å². The van der Waals surface area contributed by atoms with E-state index in [1.807, 2.05) is 21.1 Å². The van der Waals surface area contributed by atoms with Crippen LogP contribution in [-0.2, 0) is 32.7 Å². The van der Waals surface area contributed by atoms with E-state index in [1.54, 1.807) is 0 Å². The number of esters is 2. The van der Waals surface area contributed by atoms with E-state index in [9.17, 15) is 19.0 Å². The lowest BCUT2D eigenvalue weighted by Gasteiger charge is -2.28. The maximum Gasteiger partial charge on any atom is 0.306 e. The van der Waals surface area contributed by atoms with Gasteiger partial charge in [0.25, 0.3) is 7.82 Å². The van der Waals surface area contributed by atoms with Gasteiger partial charge in [-0.05, 0) is 83.5 Å². The van der Waals surface area contributed by atoms with Crippen LogP contribution in [0.2, 0.25) is 0 Å². The summed E-state index contributed by atoms with van der Waals surface area (Å²) in [5.41, 5.74) is 0. The third-order valence-electron chi connectivity index (χ3n) is 12.6. The first-order chi connectivity index (χ1) is 36.5. The molecular formula is C65H112NO8P. The van der Waals surface area contributed by atoms with E-state index in [2.05, 4.69) is 123 Å². The zero-order chi connectivity index (χ0) is 54.9. The number of hydrogen-bond acceptors (Lipinski definition) is 8. The number of likely N-dealkylation sites (N-methyl/N-ethyl adjacent to an activating group) is 1. The first-order valence-corrected chi connectivity index (χ1v) is 31.6. The summed E-state index contributed by atoms with van der Waals surface area (Å²) in [6.07, 6.45) is 77.2. The Labute approximate surface area is 461 Å². The maximum atomic E-state index is 12.8. The summed E-state index contributed by atoms with van der Waals surface area (Å²) >= 11 is 0. The average Bonchev–Trinajstić information content (AvgIpc) is 3.37. The molecule has 0 amide bonds. The Kier molecular flexibility index (Phi) is 53.0. The molecule has 0 rings (SSSR count). The highest BCUT2D eigenvalue weighted by Crippen LogP contribution is 2.38. The Bertz CT molecular complexity index is 1630. The quantitative estimate of drug-likeness (QED) is 0.0195. The number of carbonyl (C=O) groups is 2. The van der Waals surface area contributed by atoms with Gasteiger partial charge < -0.3 is 27.9 Å². The summed E-state index contributed by atoms with van der Waals surface area (Å²) in [5, 5.41) is 0. The van der Waals surface area contributed by atoms with Gasteiger partial charge in [0.15, 0.2) is 6.10 Å². The average molecular weight is 1070 g/mol. The lowest BCUT2D eigenvalue weighted by molar-refractivity contribution is -0.870. The number of phosphoric ester groups is 1. The molecule has 0 aromatic rings. The zero-order valence-electron chi connectivity index (χ0n) is 48.7. The molecule has 10 heteroatoms. The van der Waals surface area contributed by atoms with Gasteiger partial charge in [0.2, 0.25) is 0 Å². The molecule has 0 spiro atoms. The second-order valence-corrected chi connectivity index (χ2v) is 22.4. The Morgan fingerprint density at radius 1 is 0.427 bits per heavy atom. The number of nitrogens with zero attached hydrogens (tertiary/aromatic N) is 1. The van der Waals surface area contributed by atoms with Crippen LogP contribution in [0.15, 0.2) is 109 Å². The largest absolute Gasteiger partial charge is 0.756 e. The molecule has 0 radical (unpaired) electrons. The minimum atomic E-state index is -4.64. The summed E-state index contributed by atoms with van der Waals surface area (Å²) in [6.45, 7) is 4.11. The molecule has 0 saturated heterocycles. The van der Waals surface area contributed by atoms with Crippen molar-refractivity contribution in [1.29, 1.82) is 0 Å². The van der Waals surface area contributed by atoms with Gasteiger partial charge in [-0.1, -0.05) is 252 Å². The third-order valence-corrected chi connectivity index (χ3v) is 13.5. The van der Waals surface area contributed by atoms with Crippen molar-refractivity contribution in [3.8, 4) is 0 Å². The molecule has 0 saturated carbocycles. The molecule has 0 fully saturated rings. The minimum absolute atomic E-state index is 0.0342. The number of quaternary nitrogens is 1. The fraction of sp³-hybridized carbons (Fsp3) is 0.692. The predicted molar refractivity (Wildman–Crippen MR) is 318 cm³/mol. The third kappa shape index (κ3) is 59.8. The van der Waals surface area contributed by atoms with Crippen molar-refractivity contribution in [2.75, 3.05) is 47.5 Å². The smallest absolute Gasteiger partial charge is 0.306 e. The Balaban J connectivity index is 4.05. The second kappa shape index (κ2) is 55.4. The van der Waals surface area contributed by atoms with Gasteiger partial charge in [0.1, 0.15) is 19.8 Å². The van der Waals surface area contributed by atoms with E-state index in [1.165, 1.54) is 103 Å². The number of phosphoric acid groups is 1. The number of carbonyl (C=O) groups excluding carboxylic acids is 2. The molecule has 0 bridgehead atoms. The van der Waals surface area contributed by atoms with E-state index in [-0.39, 0.29) is 32.0 Å². The van der Waals surface area contributed by atoms with E-state index < -0.39 is 26.5 Å². The molecule has 0 aromatic heterocycles. The molecule has 0 heterocycles. The van der Waals surface area contributed by atoms with Gasteiger partial charge in [0, 0.05) is 12.8 Å². The summed E-state index contributed by atoms with van der Waals surface area (Å²) in [5.74, 6) is -0.837. The molecule has 9 nitrogen and oxygen atoms in total. The molecule has 0 aromatic carbocycles. The normalized spacial score (nSPS) is 14.1. The highest BCUT2D eigenvalue weighted by Gasteiger charge is 2.22. The summed E-state index contributed by atoms with van der Waals surface area (Å²) in [4.78, 5) is 37.8. The topological polar surface area (TPSA) is 111 Å². The first kappa shape index (κ1) is 71.7. The van der Waals surface area contributed by atoms with Crippen LogP contribution in [0.5, 0.6) is 0 Å². The first-order valence-electron chi connectivity index (χ1n) is 30.1. The van der Waals surface area contributed by atoms with Gasteiger partial charge >= 0.3 is 11.9 Å². The van der Waals surface area contributed by atoms with Crippen molar-refractivity contribution in [2.24, 2.45) is 0 Å². The van der Waals surface area contributed by atoms with Crippen LogP contribution < -0.4 is 4.89 Å². The van der Waals surface area contributed by atoms with Gasteiger partial charge in [-0.2, -0.15) is 0 Å². The van der Waals surface area contributed by atoms with Crippen molar-refractivity contribution in [3.63, 3.8) is 0 Å². The van der Waals surface area contributed by atoms with Crippen molar-refractivity contribution in [3.05, 3.63) is 109 Å². The van der Waals surface area contributed by atoms with Gasteiger partial charge in [0.05, 0.1) is 27.7 Å². The lowest BCUT2D eigenvalue weighted by Crippen LogP contribution is -2.37. The van der Waals surface area contributed by atoms with Gasteiger partial charge in [-0.15, -0.1) is 0 Å². The number of rotatable bonds is 54. The molecular weight excluding hydrogens is 954 g/mol. The molecule has 0 aliphatic carbocycles. The summed E-state index contributed by atoms with van der Waals surface area (Å²) in [6, 6.07) is 0. The Hall–Kier alpha value is -3.33. The van der Waals surface area contributed by atoms with E-state index in [0.29, 0.717) is 17.4 Å². The fourth-order valence-corrected chi connectivity index (χ4v) is 8.67. The SMILES string of the molecule is CC/C=C\C/C=C\C/C=C\C/C=C\C/C=C\C/C=C\C/C=C\C/C=C\C/C=C\CCCCCCCCCCCCCC(=O)OC(COC(=O)CCCCCCCCCCCCCC)COP(=O)([O-])OCC[N+](C)(C)C. The molecule has 75 heavy (non-hydrogen) atoms. The van der Waals surface area contributed by atoms with E-state index in [4.69, 9.17) is 18.5 Å². The van der Waals surface area contributed by atoms with Crippen molar-refractivity contribution in [2.45, 2.75) is 245 Å². The zero-order valence-corrected chi connectivity index (χ0v) is 49.6. The van der Waals surface area contributed by atoms with Crippen LogP contribution in [0.1, 0.15) is 239 Å². The van der Waals surface area contributed by atoms with Crippen molar-refractivity contribution in [1.82, 2.24) is 0 Å². The molecule has 430 valence electrons. The number of ether oxygens (including phenoxy) is 2. The molecule has 2 atom stereocenters. The van der Waals surface area contributed by atoms with Crippen molar-refractivity contribution >= 4 is 19.8 Å². The van der Waals surface area contributed by atoms with Crippen molar-refractivity contribution < 1.29 is 42.1 Å². The van der Waals surface area contributed by atoms with Crippen LogP contribution in [0.3, 0.4) is 0 Å².